The van der Waals surface area contributed by atoms with E-state index in [0.717, 1.165) is 10.8 Å². The summed E-state index contributed by atoms with van der Waals surface area (Å²) >= 11 is 0. The molecule has 0 unspecified atom stereocenters. The third-order valence-corrected chi connectivity index (χ3v) is 7.76. The second-order valence-corrected chi connectivity index (χ2v) is 10.3. The predicted molar refractivity (Wildman–Crippen MR) is 156 cm³/mol. The Hall–Kier alpha value is -5.42. The number of H-pyrrole nitrogens is 2. The molecule has 45 heavy (non-hydrogen) atoms. The monoisotopic (exact) mass is 650 g/mol. The number of nitrogens with zero attached hydrogens (tertiary/aromatic N) is 6. The Morgan fingerprint density at radius 1 is 0.378 bits per heavy atom. The molecule has 2 N–H and O–H groups in total. The Kier molecular flexibility index (Phi) is 5.91. The number of rotatable bonds is 0. The van der Waals surface area contributed by atoms with Crippen LogP contribution in [0.5, 0.6) is 0 Å². The zero-order valence-electron chi connectivity index (χ0n) is 22.8. The summed E-state index contributed by atoms with van der Waals surface area (Å²) in [5.41, 5.74) is 2.73. The van der Waals surface area contributed by atoms with Gasteiger partial charge in [-0.25, -0.2) is 47.5 Å². The van der Waals surface area contributed by atoms with Gasteiger partial charge in [0.05, 0.1) is 10.8 Å². The summed E-state index contributed by atoms with van der Waals surface area (Å²) in [5.74, 6) is -6.36. The minimum atomic E-state index is -1.97. The number of aromatic nitrogens is 8. The Balaban J connectivity index is 0.00000300. The summed E-state index contributed by atoms with van der Waals surface area (Å²) < 4.78 is 59.9. The van der Waals surface area contributed by atoms with Crippen LogP contribution in [0.3, 0.4) is 0 Å². The molecule has 0 aliphatic carbocycles. The summed E-state index contributed by atoms with van der Waals surface area (Å²) in [7, 11) is 0. The minimum Gasteiger partial charge on any atom is -0.324 e. The summed E-state index contributed by atoms with van der Waals surface area (Å²) in [5, 5.41) is 0.346. The maximum atomic E-state index is 15.4. The maximum Gasteiger partial charge on any atom is 0.198 e. The molecule has 2 aliphatic heterocycles. The van der Waals surface area contributed by atoms with E-state index >= 15 is 8.78 Å². The van der Waals surface area contributed by atoms with E-state index in [1.807, 2.05) is 24.3 Å². The average Bonchev–Trinajstić information content (AvgIpc) is 3.78. The van der Waals surface area contributed by atoms with E-state index in [9.17, 15) is 8.78 Å². The minimum absolute atomic E-state index is 0. The van der Waals surface area contributed by atoms with Gasteiger partial charge in [-0.1, -0.05) is 72.8 Å². The van der Waals surface area contributed by atoms with Crippen molar-refractivity contribution < 1.29 is 37.0 Å². The second-order valence-electron chi connectivity index (χ2n) is 10.3. The van der Waals surface area contributed by atoms with Gasteiger partial charge in [-0.05, 0) is 0 Å². The first-order valence-corrected chi connectivity index (χ1v) is 13.4. The molecule has 7 aromatic rings. The van der Waals surface area contributed by atoms with Crippen LogP contribution in [0, 0.1) is 23.3 Å². The van der Waals surface area contributed by atoms with Crippen LogP contribution in [-0.4, -0.2) is 39.9 Å². The number of fused-ring (bicyclic) bond motifs is 20. The standard InChI is InChI=1S/C32H14F4N8.Zn/c33-21-19-20(22(34)24(36)23(21)35)32-43-30-18-12-6-4-10-16(18)28(41-30)39-26-14-8-2-1-7-13(14)25(37-26)38-27-15-9-3-5-11-17(15)29(40-27)42-31(19)44-32;/h1-12H,(H2,37,38,39,40,41,42,43,44);. The van der Waals surface area contributed by atoms with Crippen molar-refractivity contribution >= 4 is 44.1 Å². The first kappa shape index (κ1) is 27.2. The smallest absolute Gasteiger partial charge is 0.198 e. The van der Waals surface area contributed by atoms with E-state index in [1.165, 1.54) is 0 Å². The van der Waals surface area contributed by atoms with E-state index < -0.39 is 34.0 Å². The van der Waals surface area contributed by atoms with Gasteiger partial charge in [0, 0.05) is 52.5 Å². The molecule has 13 heteroatoms. The van der Waals surface area contributed by atoms with Crippen molar-refractivity contribution in [2.75, 3.05) is 0 Å². The maximum absolute atomic E-state index is 15.4. The largest absolute Gasteiger partial charge is 0.324 e. The average molecular weight is 652 g/mol. The molecule has 8 nitrogen and oxygen atoms in total. The van der Waals surface area contributed by atoms with Crippen LogP contribution in [0.2, 0.25) is 0 Å². The molecule has 0 saturated heterocycles. The molecule has 5 heterocycles. The molecule has 2 aliphatic rings. The van der Waals surface area contributed by atoms with Gasteiger partial charge in [-0.3, -0.25) is 0 Å². The Labute approximate surface area is 262 Å². The van der Waals surface area contributed by atoms with E-state index in [2.05, 4.69) is 29.9 Å². The Bertz CT molecular complexity index is 2410. The number of halogens is 4. The van der Waals surface area contributed by atoms with Gasteiger partial charge >= 0.3 is 0 Å². The molecule has 4 aromatic carbocycles. The van der Waals surface area contributed by atoms with Crippen LogP contribution < -0.4 is 0 Å². The zero-order chi connectivity index (χ0) is 29.7. The number of hydrogen-bond donors (Lipinski definition) is 2. The molecule has 212 valence electrons. The third-order valence-electron chi connectivity index (χ3n) is 7.76. The molecule has 0 spiro atoms. The van der Waals surface area contributed by atoms with E-state index in [4.69, 9.17) is 9.97 Å². The van der Waals surface area contributed by atoms with Gasteiger partial charge in [0.25, 0.3) is 0 Å². The topological polar surface area (TPSA) is 109 Å². The van der Waals surface area contributed by atoms with Gasteiger partial charge in [-0.15, -0.1) is 0 Å². The molecule has 8 bridgehead atoms. The third kappa shape index (κ3) is 3.87. The summed E-state index contributed by atoms with van der Waals surface area (Å²) in [4.78, 5) is 33.9. The number of nitrogens with one attached hydrogen (secondary N) is 2. The van der Waals surface area contributed by atoms with Crippen LogP contribution in [0.4, 0.5) is 17.6 Å². The van der Waals surface area contributed by atoms with E-state index in [0.29, 0.717) is 45.2 Å². The molecule has 9 rings (SSSR count). The van der Waals surface area contributed by atoms with Gasteiger partial charge < -0.3 is 9.97 Å². The number of aromatic amines is 2. The first-order chi connectivity index (χ1) is 21.5. The normalized spacial score (nSPS) is 11.8. The summed E-state index contributed by atoms with van der Waals surface area (Å²) in [6, 6.07) is 21.8. The van der Waals surface area contributed by atoms with Crippen LogP contribution in [0.15, 0.2) is 72.8 Å². The predicted octanol–water partition coefficient (Wildman–Crippen LogP) is 7.42. The summed E-state index contributed by atoms with van der Waals surface area (Å²) in [6.07, 6.45) is 0. The number of hydrogen-bond acceptors (Lipinski definition) is 6. The van der Waals surface area contributed by atoms with Gasteiger partial charge in [0.15, 0.2) is 46.6 Å². The van der Waals surface area contributed by atoms with Crippen molar-refractivity contribution in [1.29, 1.82) is 0 Å². The summed E-state index contributed by atoms with van der Waals surface area (Å²) in [6.45, 7) is 0. The van der Waals surface area contributed by atoms with Crippen molar-refractivity contribution in [1.82, 2.24) is 39.9 Å². The van der Waals surface area contributed by atoms with Crippen molar-refractivity contribution in [3.05, 3.63) is 96.1 Å². The zero-order valence-corrected chi connectivity index (χ0v) is 25.8. The van der Waals surface area contributed by atoms with Gasteiger partial charge in [0.1, 0.15) is 22.6 Å². The van der Waals surface area contributed by atoms with E-state index in [1.54, 1.807) is 48.5 Å². The molecule has 3 aromatic heterocycles. The van der Waals surface area contributed by atoms with Crippen LogP contribution in [-0.2, 0) is 19.5 Å². The van der Waals surface area contributed by atoms with Crippen molar-refractivity contribution in [3.63, 3.8) is 0 Å². The Morgan fingerprint density at radius 2 is 0.689 bits per heavy atom. The van der Waals surface area contributed by atoms with Crippen LogP contribution in [0.1, 0.15) is 0 Å². The molecule has 0 fully saturated rings. The molecular formula is C32H14F4N8Zn. The number of benzene rings is 4. The van der Waals surface area contributed by atoms with Crippen LogP contribution in [0.25, 0.3) is 89.7 Å². The fraction of sp³-hybridized carbons (Fsp3) is 0. The second kappa shape index (κ2) is 9.80. The molecule has 0 radical (unpaired) electrons. The van der Waals surface area contributed by atoms with E-state index in [-0.39, 0.29) is 42.4 Å². The van der Waals surface area contributed by atoms with Crippen molar-refractivity contribution in [2.45, 2.75) is 0 Å². The van der Waals surface area contributed by atoms with Crippen molar-refractivity contribution in [3.8, 4) is 45.6 Å². The molecule has 0 atom stereocenters. The fourth-order valence-electron chi connectivity index (χ4n) is 5.75. The molecule has 0 amide bonds. The first-order valence-electron chi connectivity index (χ1n) is 13.4. The molecule has 0 saturated carbocycles. The van der Waals surface area contributed by atoms with Gasteiger partial charge in [-0.2, -0.15) is 0 Å². The quantitative estimate of drug-likeness (QED) is 0.0765. The Morgan fingerprint density at radius 3 is 1.07 bits per heavy atom. The van der Waals surface area contributed by atoms with Gasteiger partial charge in [0.2, 0.25) is 0 Å². The molecular weight excluding hydrogens is 638 g/mol. The van der Waals surface area contributed by atoms with Crippen LogP contribution >= 0.6 is 0 Å². The fourth-order valence-corrected chi connectivity index (χ4v) is 5.75. The SMILES string of the molecule is Fc1c(F)c(F)c2c3nc4nc(nc5[nH]c(nc6nc(nc([nH]3)c2c1F)-c1ccccc1-6)c1ccccc51)-c1ccccc1-4.[Zn]. The van der Waals surface area contributed by atoms with Crippen molar-refractivity contribution in [2.24, 2.45) is 0 Å².